The standard InChI is InChI=1S/C18H12ClN3S/c19-14-8-7-13-11-17(23-15-5-2-1-3-6-15)22(16(13)12-14)18-20-9-4-10-21-18/h1-12H. The van der Waals surface area contributed by atoms with E-state index in [4.69, 9.17) is 11.6 Å². The van der Waals surface area contributed by atoms with Gasteiger partial charge in [0, 0.05) is 27.7 Å². The van der Waals surface area contributed by atoms with E-state index in [0.717, 1.165) is 15.9 Å². The number of hydrogen-bond donors (Lipinski definition) is 0. The van der Waals surface area contributed by atoms with Crippen LogP contribution >= 0.6 is 23.4 Å². The summed E-state index contributed by atoms with van der Waals surface area (Å²) in [6, 6.07) is 20.1. The molecule has 2 heterocycles. The predicted octanol–water partition coefficient (Wildman–Crippen LogP) is 5.23. The molecule has 0 N–H and O–H groups in total. The molecule has 0 aliphatic rings. The van der Waals surface area contributed by atoms with Gasteiger partial charge >= 0.3 is 0 Å². The Kier molecular flexibility index (Phi) is 3.77. The summed E-state index contributed by atoms with van der Waals surface area (Å²) in [5.41, 5.74) is 1.00. The van der Waals surface area contributed by atoms with Gasteiger partial charge in [-0.15, -0.1) is 0 Å². The largest absolute Gasteiger partial charge is 0.272 e. The first kappa shape index (κ1) is 14.3. The van der Waals surface area contributed by atoms with E-state index in [1.54, 1.807) is 24.2 Å². The topological polar surface area (TPSA) is 30.7 Å². The molecule has 4 rings (SSSR count). The van der Waals surface area contributed by atoms with Crippen LogP contribution in [0.5, 0.6) is 0 Å². The van der Waals surface area contributed by atoms with Gasteiger partial charge in [-0.3, -0.25) is 4.57 Å². The Morgan fingerprint density at radius 2 is 1.65 bits per heavy atom. The third-order valence-electron chi connectivity index (χ3n) is 3.45. The highest BCUT2D eigenvalue weighted by atomic mass is 35.5. The lowest BCUT2D eigenvalue weighted by Crippen LogP contribution is -2.01. The molecule has 2 aromatic heterocycles. The Labute approximate surface area is 143 Å². The van der Waals surface area contributed by atoms with Crippen molar-refractivity contribution >= 4 is 34.3 Å². The summed E-state index contributed by atoms with van der Waals surface area (Å²) in [6.07, 6.45) is 3.49. The maximum atomic E-state index is 6.19. The number of nitrogens with zero attached hydrogens (tertiary/aromatic N) is 3. The zero-order valence-electron chi connectivity index (χ0n) is 12.1. The predicted molar refractivity (Wildman–Crippen MR) is 94.4 cm³/mol. The van der Waals surface area contributed by atoms with Gasteiger partial charge in [0.15, 0.2) is 0 Å². The fraction of sp³-hybridized carbons (Fsp3) is 0. The molecular formula is C18H12ClN3S. The summed E-state index contributed by atoms with van der Waals surface area (Å²) in [7, 11) is 0. The minimum atomic E-state index is 0.642. The number of rotatable bonds is 3. The van der Waals surface area contributed by atoms with Crippen molar-refractivity contribution in [3.8, 4) is 5.95 Å². The molecule has 0 atom stereocenters. The fourth-order valence-electron chi connectivity index (χ4n) is 2.45. The van der Waals surface area contributed by atoms with E-state index in [-0.39, 0.29) is 0 Å². The Balaban J connectivity index is 1.92. The fourth-order valence-corrected chi connectivity index (χ4v) is 3.60. The molecule has 0 saturated carbocycles. The van der Waals surface area contributed by atoms with E-state index in [9.17, 15) is 0 Å². The van der Waals surface area contributed by atoms with Gasteiger partial charge in [0.1, 0.15) is 0 Å². The van der Waals surface area contributed by atoms with Gasteiger partial charge in [-0.1, -0.05) is 47.6 Å². The van der Waals surface area contributed by atoms with Crippen molar-refractivity contribution in [2.24, 2.45) is 0 Å². The zero-order valence-corrected chi connectivity index (χ0v) is 13.6. The van der Waals surface area contributed by atoms with Gasteiger partial charge in [-0.25, -0.2) is 9.97 Å². The second-order valence-electron chi connectivity index (χ2n) is 4.99. The number of fused-ring (bicyclic) bond motifs is 1. The molecule has 0 spiro atoms. The Morgan fingerprint density at radius 3 is 2.43 bits per heavy atom. The van der Waals surface area contributed by atoms with Crippen molar-refractivity contribution in [3.05, 3.63) is 78.1 Å². The van der Waals surface area contributed by atoms with E-state index in [1.807, 2.05) is 47.0 Å². The minimum absolute atomic E-state index is 0.642. The molecule has 0 amide bonds. The lowest BCUT2D eigenvalue weighted by Gasteiger charge is -2.08. The maximum absolute atomic E-state index is 6.19. The van der Waals surface area contributed by atoms with Crippen LogP contribution in [0, 0.1) is 0 Å². The van der Waals surface area contributed by atoms with Gasteiger partial charge in [0.2, 0.25) is 5.95 Å². The quantitative estimate of drug-likeness (QED) is 0.513. The van der Waals surface area contributed by atoms with Gasteiger partial charge in [0.25, 0.3) is 0 Å². The first-order chi connectivity index (χ1) is 11.3. The highest BCUT2D eigenvalue weighted by molar-refractivity contribution is 7.99. The van der Waals surface area contributed by atoms with Crippen molar-refractivity contribution in [2.75, 3.05) is 0 Å². The first-order valence-electron chi connectivity index (χ1n) is 7.12. The van der Waals surface area contributed by atoms with Crippen LogP contribution in [0.25, 0.3) is 16.9 Å². The Morgan fingerprint density at radius 1 is 0.870 bits per heavy atom. The van der Waals surface area contributed by atoms with E-state index in [0.29, 0.717) is 11.0 Å². The van der Waals surface area contributed by atoms with Crippen LogP contribution in [-0.4, -0.2) is 14.5 Å². The maximum Gasteiger partial charge on any atom is 0.234 e. The SMILES string of the molecule is Clc1ccc2cc(Sc3ccccc3)n(-c3ncccn3)c2c1. The molecule has 3 nitrogen and oxygen atoms in total. The van der Waals surface area contributed by atoms with Gasteiger partial charge < -0.3 is 0 Å². The van der Waals surface area contributed by atoms with Crippen LogP contribution in [0.3, 0.4) is 0 Å². The van der Waals surface area contributed by atoms with Gasteiger partial charge in [-0.2, -0.15) is 0 Å². The number of benzene rings is 2. The molecule has 0 saturated heterocycles. The summed E-state index contributed by atoms with van der Waals surface area (Å²) >= 11 is 7.87. The van der Waals surface area contributed by atoms with Crippen molar-refractivity contribution in [1.29, 1.82) is 0 Å². The summed E-state index contributed by atoms with van der Waals surface area (Å²) in [4.78, 5) is 9.96. The van der Waals surface area contributed by atoms with Crippen molar-refractivity contribution in [2.45, 2.75) is 9.92 Å². The number of hydrogen-bond acceptors (Lipinski definition) is 3. The van der Waals surface area contributed by atoms with Crippen molar-refractivity contribution < 1.29 is 0 Å². The second-order valence-corrected chi connectivity index (χ2v) is 6.52. The molecule has 5 heteroatoms. The molecule has 0 aliphatic heterocycles. The van der Waals surface area contributed by atoms with Crippen molar-refractivity contribution in [3.63, 3.8) is 0 Å². The molecule has 0 bridgehead atoms. The van der Waals surface area contributed by atoms with E-state index >= 15 is 0 Å². The average molecular weight is 338 g/mol. The second kappa shape index (κ2) is 6.07. The highest BCUT2D eigenvalue weighted by Gasteiger charge is 2.14. The van der Waals surface area contributed by atoms with Crippen LogP contribution in [0.1, 0.15) is 0 Å². The molecule has 0 unspecified atom stereocenters. The molecular weight excluding hydrogens is 326 g/mol. The van der Waals surface area contributed by atoms with Crippen LogP contribution in [-0.2, 0) is 0 Å². The first-order valence-corrected chi connectivity index (χ1v) is 8.32. The molecule has 112 valence electrons. The van der Waals surface area contributed by atoms with Crippen LogP contribution in [0.4, 0.5) is 0 Å². The molecule has 2 aromatic carbocycles. The van der Waals surface area contributed by atoms with E-state index in [2.05, 4.69) is 28.2 Å². The van der Waals surface area contributed by atoms with E-state index in [1.165, 1.54) is 4.90 Å². The lowest BCUT2D eigenvalue weighted by molar-refractivity contribution is 0.887. The monoisotopic (exact) mass is 337 g/mol. The minimum Gasteiger partial charge on any atom is -0.272 e. The highest BCUT2D eigenvalue weighted by Crippen LogP contribution is 2.35. The molecule has 0 aliphatic carbocycles. The number of aromatic nitrogens is 3. The Bertz CT molecular complexity index is 952. The van der Waals surface area contributed by atoms with Gasteiger partial charge in [0.05, 0.1) is 10.5 Å². The summed E-state index contributed by atoms with van der Waals surface area (Å²) in [5, 5.41) is 2.86. The summed E-state index contributed by atoms with van der Waals surface area (Å²) in [6.45, 7) is 0. The molecule has 23 heavy (non-hydrogen) atoms. The summed E-state index contributed by atoms with van der Waals surface area (Å²) in [5.74, 6) is 0.642. The van der Waals surface area contributed by atoms with Crippen LogP contribution < -0.4 is 0 Å². The third-order valence-corrected chi connectivity index (χ3v) is 4.70. The van der Waals surface area contributed by atoms with Crippen LogP contribution in [0.2, 0.25) is 5.02 Å². The van der Waals surface area contributed by atoms with Crippen molar-refractivity contribution in [1.82, 2.24) is 14.5 Å². The zero-order chi connectivity index (χ0) is 15.6. The third kappa shape index (κ3) is 2.83. The average Bonchev–Trinajstić information content (AvgIpc) is 2.93. The molecule has 0 radical (unpaired) electrons. The molecule has 4 aromatic rings. The summed E-state index contributed by atoms with van der Waals surface area (Å²) < 4.78 is 2.04. The number of halogens is 1. The molecule has 0 fully saturated rings. The van der Waals surface area contributed by atoms with Gasteiger partial charge in [-0.05, 0) is 36.4 Å². The van der Waals surface area contributed by atoms with E-state index < -0.39 is 0 Å². The Hall–Kier alpha value is -2.30. The smallest absolute Gasteiger partial charge is 0.234 e. The van der Waals surface area contributed by atoms with Crippen LogP contribution in [0.15, 0.2) is 83.0 Å². The normalized spacial score (nSPS) is 11.0. The lowest BCUT2D eigenvalue weighted by atomic mass is 10.2.